The highest BCUT2D eigenvalue weighted by molar-refractivity contribution is 6.34. The van der Waals surface area contributed by atoms with Crippen LogP contribution in [0.5, 0.6) is 5.75 Å². The van der Waals surface area contributed by atoms with E-state index in [1.54, 1.807) is 31.3 Å². The Hall–Kier alpha value is -3.25. The first-order chi connectivity index (χ1) is 12.5. The van der Waals surface area contributed by atoms with Crippen molar-refractivity contribution >= 4 is 50.8 Å². The van der Waals surface area contributed by atoms with Gasteiger partial charge >= 0.3 is 0 Å². The van der Waals surface area contributed by atoms with Gasteiger partial charge in [-0.2, -0.15) is 0 Å². The van der Waals surface area contributed by atoms with Gasteiger partial charge in [0.1, 0.15) is 5.58 Å². The van der Waals surface area contributed by atoms with Crippen LogP contribution in [0, 0.1) is 6.92 Å². The molecule has 0 unspecified atom stereocenters. The van der Waals surface area contributed by atoms with E-state index < -0.39 is 0 Å². The number of aromatic nitrogens is 1. The molecule has 0 bridgehead atoms. The van der Waals surface area contributed by atoms with Crippen molar-refractivity contribution in [2.45, 2.75) is 6.92 Å². The van der Waals surface area contributed by atoms with E-state index in [0.717, 1.165) is 5.56 Å². The number of pyridine rings is 1. The minimum absolute atomic E-state index is 0.0514. The number of fused-ring (bicyclic) bond motifs is 3. The number of amides is 1. The van der Waals surface area contributed by atoms with Crippen LogP contribution in [0.15, 0.2) is 47.1 Å². The molecule has 0 fully saturated rings. The molecular weight excluding hydrogens is 354 g/mol. The lowest BCUT2D eigenvalue weighted by atomic mass is 10.0. The van der Waals surface area contributed by atoms with Gasteiger partial charge in [-0.15, -0.1) is 0 Å². The maximum atomic E-state index is 12.9. The average molecular weight is 368 g/mol. The zero-order valence-electron chi connectivity index (χ0n) is 13.7. The number of nitrogens with one attached hydrogen (secondary N) is 1. The summed E-state index contributed by atoms with van der Waals surface area (Å²) in [5.74, 6) is -0.430. The molecule has 0 aliphatic heterocycles. The summed E-state index contributed by atoms with van der Waals surface area (Å²) in [7, 11) is 0. The zero-order chi connectivity index (χ0) is 18.4. The van der Waals surface area contributed by atoms with E-state index in [4.69, 9.17) is 21.8 Å². The van der Waals surface area contributed by atoms with Crippen LogP contribution in [0.1, 0.15) is 15.9 Å². The highest BCUT2D eigenvalue weighted by Gasteiger charge is 2.20. The second kappa shape index (κ2) is 5.93. The normalized spacial score (nSPS) is 11.2. The van der Waals surface area contributed by atoms with E-state index in [1.165, 1.54) is 18.3 Å². The van der Waals surface area contributed by atoms with Gasteiger partial charge in [-0.1, -0.05) is 11.6 Å². The highest BCUT2D eigenvalue weighted by Crippen LogP contribution is 2.38. The molecule has 0 radical (unpaired) electrons. The number of rotatable bonds is 2. The number of phenols is 1. The van der Waals surface area contributed by atoms with Crippen molar-refractivity contribution in [2.75, 3.05) is 11.1 Å². The summed E-state index contributed by atoms with van der Waals surface area (Å²) in [4.78, 5) is 16.9. The maximum Gasteiger partial charge on any atom is 0.256 e. The van der Waals surface area contributed by atoms with Gasteiger partial charge in [-0.3, -0.25) is 9.78 Å². The second-order valence-corrected chi connectivity index (χ2v) is 6.37. The Labute approximate surface area is 153 Å². The van der Waals surface area contributed by atoms with Crippen molar-refractivity contribution in [2.24, 2.45) is 0 Å². The third kappa shape index (κ3) is 2.51. The minimum Gasteiger partial charge on any atom is -0.504 e. The van der Waals surface area contributed by atoms with Crippen molar-refractivity contribution in [3.63, 3.8) is 0 Å². The van der Waals surface area contributed by atoms with E-state index >= 15 is 0 Å². The van der Waals surface area contributed by atoms with Gasteiger partial charge in [0.25, 0.3) is 5.91 Å². The Morgan fingerprint density at radius 1 is 1.27 bits per heavy atom. The quantitative estimate of drug-likeness (QED) is 0.453. The van der Waals surface area contributed by atoms with Crippen LogP contribution in [-0.2, 0) is 0 Å². The number of benzene rings is 2. The number of nitrogens with two attached hydrogens (primary N) is 1. The van der Waals surface area contributed by atoms with Crippen LogP contribution in [0.4, 0.5) is 11.4 Å². The van der Waals surface area contributed by atoms with E-state index in [2.05, 4.69) is 10.3 Å². The number of aromatic hydroxyl groups is 1. The van der Waals surface area contributed by atoms with Gasteiger partial charge < -0.3 is 20.6 Å². The molecule has 0 aliphatic rings. The van der Waals surface area contributed by atoms with E-state index in [-0.39, 0.29) is 17.2 Å². The second-order valence-electron chi connectivity index (χ2n) is 5.96. The number of furan rings is 1. The van der Waals surface area contributed by atoms with Crippen molar-refractivity contribution in [1.29, 1.82) is 0 Å². The summed E-state index contributed by atoms with van der Waals surface area (Å²) >= 11 is 6.15. The third-order valence-electron chi connectivity index (χ3n) is 4.19. The van der Waals surface area contributed by atoms with Crippen LogP contribution >= 0.6 is 11.6 Å². The molecule has 4 N–H and O–H groups in total. The van der Waals surface area contributed by atoms with E-state index in [0.29, 0.717) is 38.3 Å². The van der Waals surface area contributed by atoms with Gasteiger partial charge in [0, 0.05) is 28.9 Å². The van der Waals surface area contributed by atoms with Gasteiger partial charge in [0.15, 0.2) is 11.3 Å². The fourth-order valence-corrected chi connectivity index (χ4v) is 3.20. The summed E-state index contributed by atoms with van der Waals surface area (Å²) in [5.41, 5.74) is 8.73. The van der Waals surface area contributed by atoms with Crippen molar-refractivity contribution < 1.29 is 14.3 Å². The Kier molecular flexibility index (Phi) is 3.70. The van der Waals surface area contributed by atoms with Gasteiger partial charge in [0.2, 0.25) is 0 Å². The van der Waals surface area contributed by atoms with Gasteiger partial charge in [-0.05, 0) is 42.8 Å². The Morgan fingerprint density at radius 2 is 2.08 bits per heavy atom. The van der Waals surface area contributed by atoms with Crippen LogP contribution < -0.4 is 11.1 Å². The number of hydrogen-bond acceptors (Lipinski definition) is 5. The lowest BCUT2D eigenvalue weighted by Crippen LogP contribution is -2.13. The summed E-state index contributed by atoms with van der Waals surface area (Å²) < 4.78 is 5.71. The van der Waals surface area contributed by atoms with Gasteiger partial charge in [-0.25, -0.2) is 0 Å². The number of aryl methyl sites for hydroxylation is 1. The standard InChI is InChI=1S/C19H14ClN3O3/c1-9-7-22-8-13(20)17(9)23-19(25)11-3-4-14(24)18-16(11)12-6-10(21)2-5-15(12)26-18/h2-8,24H,21H2,1H3,(H,22,23,25). The average Bonchev–Trinajstić information content (AvgIpc) is 2.98. The molecule has 4 aromatic rings. The molecule has 130 valence electrons. The molecule has 0 spiro atoms. The van der Waals surface area contributed by atoms with Gasteiger partial charge in [0.05, 0.1) is 16.3 Å². The minimum atomic E-state index is -0.378. The first-order valence-electron chi connectivity index (χ1n) is 7.81. The number of carbonyl (C=O) groups excluding carboxylic acids is 1. The number of phenolic OH excluding ortho intramolecular Hbond substituents is 1. The van der Waals surface area contributed by atoms with E-state index in [1.807, 2.05) is 0 Å². The number of halogens is 1. The van der Waals surface area contributed by atoms with Crippen LogP contribution in [0.3, 0.4) is 0 Å². The Balaban J connectivity index is 1.91. The molecule has 0 saturated heterocycles. The van der Waals surface area contributed by atoms with Crippen LogP contribution in [0.2, 0.25) is 5.02 Å². The fourth-order valence-electron chi connectivity index (χ4n) is 2.94. The first kappa shape index (κ1) is 16.2. The number of carbonyl (C=O) groups is 1. The number of anilines is 2. The molecule has 26 heavy (non-hydrogen) atoms. The number of nitrogen functional groups attached to an aromatic ring is 1. The summed E-state index contributed by atoms with van der Waals surface area (Å²) in [6.45, 7) is 1.80. The van der Waals surface area contributed by atoms with Crippen molar-refractivity contribution in [1.82, 2.24) is 4.98 Å². The molecule has 2 aromatic carbocycles. The largest absolute Gasteiger partial charge is 0.504 e. The highest BCUT2D eigenvalue weighted by atomic mass is 35.5. The molecule has 7 heteroatoms. The molecule has 0 saturated carbocycles. The predicted molar refractivity (Wildman–Crippen MR) is 102 cm³/mol. The molecular formula is C19H14ClN3O3. The third-order valence-corrected chi connectivity index (χ3v) is 4.48. The van der Waals surface area contributed by atoms with E-state index in [9.17, 15) is 9.90 Å². The predicted octanol–water partition coefficient (Wildman–Crippen LogP) is 4.48. The first-order valence-corrected chi connectivity index (χ1v) is 8.18. The smallest absolute Gasteiger partial charge is 0.256 e. The Bertz CT molecular complexity index is 1160. The molecule has 0 atom stereocenters. The topological polar surface area (TPSA) is 101 Å². The number of nitrogens with zero attached hydrogens (tertiary/aromatic N) is 1. The number of hydrogen-bond donors (Lipinski definition) is 3. The molecule has 2 heterocycles. The fraction of sp³-hybridized carbons (Fsp3) is 0.0526. The molecule has 0 aliphatic carbocycles. The molecule has 2 aromatic heterocycles. The molecule has 1 amide bonds. The molecule has 4 rings (SSSR count). The SMILES string of the molecule is Cc1cncc(Cl)c1NC(=O)c1ccc(O)c2oc3ccc(N)cc3c12. The lowest BCUT2D eigenvalue weighted by molar-refractivity contribution is 0.102. The zero-order valence-corrected chi connectivity index (χ0v) is 14.5. The Morgan fingerprint density at radius 3 is 2.85 bits per heavy atom. The maximum absolute atomic E-state index is 12.9. The summed E-state index contributed by atoms with van der Waals surface area (Å²) in [5, 5.41) is 14.4. The van der Waals surface area contributed by atoms with Crippen LogP contribution in [-0.4, -0.2) is 16.0 Å². The summed E-state index contributed by atoms with van der Waals surface area (Å²) in [6, 6.07) is 8.07. The lowest BCUT2D eigenvalue weighted by Gasteiger charge is -2.10. The molecule has 6 nitrogen and oxygen atoms in total. The van der Waals surface area contributed by atoms with Crippen molar-refractivity contribution in [3.05, 3.63) is 58.9 Å². The summed E-state index contributed by atoms with van der Waals surface area (Å²) in [6.07, 6.45) is 3.08. The van der Waals surface area contributed by atoms with Crippen LogP contribution in [0.25, 0.3) is 21.9 Å². The monoisotopic (exact) mass is 367 g/mol. The van der Waals surface area contributed by atoms with Crippen molar-refractivity contribution in [3.8, 4) is 5.75 Å².